The summed E-state index contributed by atoms with van der Waals surface area (Å²) in [6.45, 7) is 2.74. The summed E-state index contributed by atoms with van der Waals surface area (Å²) in [6, 6.07) is 2.18. The summed E-state index contributed by atoms with van der Waals surface area (Å²) in [7, 11) is 0. The van der Waals surface area contributed by atoms with Crippen molar-refractivity contribution in [2.24, 2.45) is 0 Å². The number of aromatic nitrogens is 2. The molecule has 0 unspecified atom stereocenters. The van der Waals surface area contributed by atoms with Gasteiger partial charge in [-0.3, -0.25) is 0 Å². The molecule has 0 bridgehead atoms. The number of carbonyl (C=O) groups is 1. The minimum atomic E-state index is -1.02. The van der Waals surface area contributed by atoms with Gasteiger partial charge in [-0.25, -0.2) is 9.48 Å². The average Bonchev–Trinajstić information content (AvgIpc) is 2.98. The zero-order valence-electron chi connectivity index (χ0n) is 13.7. The number of aromatic carboxylic acids is 1. The summed E-state index contributed by atoms with van der Waals surface area (Å²) in [5.41, 5.74) is 1.39. The summed E-state index contributed by atoms with van der Waals surface area (Å²) in [5, 5.41) is 22.3. The number of unbranched alkanes of at least 4 members (excludes halogenated alkanes) is 3. The van der Waals surface area contributed by atoms with Crippen molar-refractivity contribution in [3.63, 3.8) is 0 Å². The number of rotatable bonds is 8. The van der Waals surface area contributed by atoms with E-state index in [1.807, 2.05) is 6.08 Å². The van der Waals surface area contributed by atoms with Crippen molar-refractivity contribution in [2.75, 3.05) is 6.61 Å². The van der Waals surface area contributed by atoms with Crippen molar-refractivity contribution in [3.8, 4) is 6.07 Å². The van der Waals surface area contributed by atoms with Crippen molar-refractivity contribution in [2.45, 2.75) is 39.0 Å². The molecule has 1 aliphatic rings. The van der Waals surface area contributed by atoms with Crippen molar-refractivity contribution in [1.82, 2.24) is 9.78 Å². The molecule has 0 amide bonds. The number of hydrogen-bond acceptors (Lipinski definition) is 4. The molecule has 1 aromatic rings. The van der Waals surface area contributed by atoms with E-state index < -0.39 is 5.97 Å². The van der Waals surface area contributed by atoms with Crippen LogP contribution in [0.25, 0.3) is 5.70 Å². The molecule has 1 aromatic heterocycles. The van der Waals surface area contributed by atoms with Gasteiger partial charge in [0.2, 0.25) is 0 Å². The Hall–Kier alpha value is -2.81. The molecule has 0 aliphatic heterocycles. The highest BCUT2D eigenvalue weighted by molar-refractivity contribution is 5.87. The Morgan fingerprint density at radius 3 is 2.92 bits per heavy atom. The van der Waals surface area contributed by atoms with Crippen LogP contribution in [0.2, 0.25) is 0 Å². The first-order valence-electron chi connectivity index (χ1n) is 8.08. The van der Waals surface area contributed by atoms with E-state index in [0.717, 1.165) is 12.8 Å². The molecule has 6 heteroatoms. The molecule has 126 valence electrons. The fourth-order valence-corrected chi connectivity index (χ4v) is 2.33. The van der Waals surface area contributed by atoms with Gasteiger partial charge in [-0.1, -0.05) is 32.3 Å². The first kappa shape index (κ1) is 17.5. The smallest absolute Gasteiger partial charge is 0.338 e. The van der Waals surface area contributed by atoms with Crippen molar-refractivity contribution in [3.05, 3.63) is 47.5 Å². The summed E-state index contributed by atoms with van der Waals surface area (Å²) < 4.78 is 7.24. The fraction of sp³-hybridized carbons (Fsp3) is 0.389. The number of carboxylic acids is 1. The molecular weight excluding hydrogens is 306 g/mol. The van der Waals surface area contributed by atoms with Crippen LogP contribution < -0.4 is 0 Å². The van der Waals surface area contributed by atoms with E-state index in [2.05, 4.69) is 18.1 Å². The van der Waals surface area contributed by atoms with Crippen LogP contribution in [0, 0.1) is 11.3 Å². The quantitative estimate of drug-likeness (QED) is 0.734. The Labute approximate surface area is 141 Å². The van der Waals surface area contributed by atoms with Gasteiger partial charge in [-0.2, -0.15) is 10.4 Å². The highest BCUT2D eigenvalue weighted by atomic mass is 16.5. The van der Waals surface area contributed by atoms with E-state index in [1.165, 1.54) is 29.9 Å². The van der Waals surface area contributed by atoms with Gasteiger partial charge in [-0.15, -0.1) is 0 Å². The second-order valence-electron chi connectivity index (χ2n) is 5.51. The van der Waals surface area contributed by atoms with Crippen LogP contribution >= 0.6 is 0 Å². The first-order valence-corrected chi connectivity index (χ1v) is 8.08. The zero-order chi connectivity index (χ0) is 17.4. The maximum Gasteiger partial charge on any atom is 0.338 e. The third-order valence-corrected chi connectivity index (χ3v) is 3.70. The van der Waals surface area contributed by atoms with E-state index in [1.54, 1.807) is 12.2 Å². The molecule has 1 N–H and O–H groups in total. The van der Waals surface area contributed by atoms with Crippen LogP contribution in [0.1, 0.15) is 49.4 Å². The van der Waals surface area contributed by atoms with Crippen LogP contribution in [-0.4, -0.2) is 27.5 Å². The topological polar surface area (TPSA) is 88.1 Å². The predicted octanol–water partition coefficient (Wildman–Crippen LogP) is 3.76. The van der Waals surface area contributed by atoms with E-state index in [9.17, 15) is 10.1 Å². The highest BCUT2D eigenvalue weighted by Gasteiger charge is 2.12. The lowest BCUT2D eigenvalue weighted by Crippen LogP contribution is -1.97. The number of nitriles is 1. The van der Waals surface area contributed by atoms with Gasteiger partial charge in [0.05, 0.1) is 35.7 Å². The van der Waals surface area contributed by atoms with Crippen LogP contribution in [0.15, 0.2) is 42.0 Å². The molecule has 0 aromatic carbocycles. The Morgan fingerprint density at radius 2 is 2.25 bits per heavy atom. The van der Waals surface area contributed by atoms with Crippen molar-refractivity contribution in [1.29, 1.82) is 5.26 Å². The van der Waals surface area contributed by atoms with Crippen LogP contribution in [0.5, 0.6) is 0 Å². The standard InChI is InChI=1S/C18H21N3O3/c1-2-3-4-5-10-24-17-9-8-16(7-6-14(17)11-19)21-13-15(12-20-21)18(22)23/h7-9,12-13H,2-6,10H2,1H3,(H,22,23). The monoisotopic (exact) mass is 327 g/mol. The van der Waals surface area contributed by atoms with Gasteiger partial charge < -0.3 is 9.84 Å². The summed E-state index contributed by atoms with van der Waals surface area (Å²) in [6.07, 6.45) is 13.0. The molecule has 1 heterocycles. The lowest BCUT2D eigenvalue weighted by atomic mass is 10.2. The van der Waals surface area contributed by atoms with Crippen LogP contribution in [0.3, 0.4) is 0 Å². The fourth-order valence-electron chi connectivity index (χ4n) is 2.33. The van der Waals surface area contributed by atoms with Crippen molar-refractivity contribution < 1.29 is 14.6 Å². The van der Waals surface area contributed by atoms with Gasteiger partial charge in [0.1, 0.15) is 5.76 Å². The lowest BCUT2D eigenvalue weighted by Gasteiger charge is -2.07. The highest BCUT2D eigenvalue weighted by Crippen LogP contribution is 2.21. The molecule has 0 saturated heterocycles. The van der Waals surface area contributed by atoms with Gasteiger partial charge in [0, 0.05) is 12.6 Å². The van der Waals surface area contributed by atoms with E-state index in [4.69, 9.17) is 9.84 Å². The van der Waals surface area contributed by atoms with Crippen molar-refractivity contribution >= 4 is 11.7 Å². The summed E-state index contributed by atoms with van der Waals surface area (Å²) in [5.74, 6) is -0.447. The summed E-state index contributed by atoms with van der Waals surface area (Å²) in [4.78, 5) is 10.9. The van der Waals surface area contributed by atoms with Gasteiger partial charge in [0.25, 0.3) is 0 Å². The normalized spacial score (nSPS) is 14.1. The second-order valence-corrected chi connectivity index (χ2v) is 5.51. The van der Waals surface area contributed by atoms with Crippen LogP contribution in [0.4, 0.5) is 0 Å². The third kappa shape index (κ3) is 4.59. The number of hydrogen-bond donors (Lipinski definition) is 1. The Morgan fingerprint density at radius 1 is 1.42 bits per heavy atom. The Balaban J connectivity index is 2.05. The minimum absolute atomic E-state index is 0.120. The van der Waals surface area contributed by atoms with E-state index >= 15 is 0 Å². The van der Waals surface area contributed by atoms with Gasteiger partial charge >= 0.3 is 5.97 Å². The Kier molecular flexibility index (Phi) is 6.38. The zero-order valence-corrected chi connectivity index (χ0v) is 13.7. The first-order chi connectivity index (χ1) is 11.7. The summed E-state index contributed by atoms with van der Waals surface area (Å²) >= 11 is 0. The van der Waals surface area contributed by atoms with Gasteiger partial charge in [-0.05, 0) is 18.6 Å². The molecule has 0 saturated carbocycles. The molecule has 2 rings (SSSR count). The molecule has 1 aliphatic carbocycles. The van der Waals surface area contributed by atoms with E-state index in [0.29, 0.717) is 30.1 Å². The van der Waals surface area contributed by atoms with Crippen LogP contribution in [-0.2, 0) is 4.74 Å². The largest absolute Gasteiger partial charge is 0.493 e. The molecular formula is C18H21N3O3. The SMILES string of the molecule is CCCCCCOC1=C(C#N)CC=C(n2cc(C(=O)O)cn2)C=C1. The lowest BCUT2D eigenvalue weighted by molar-refractivity contribution is 0.0697. The maximum absolute atomic E-state index is 10.9. The predicted molar refractivity (Wildman–Crippen MR) is 89.9 cm³/mol. The molecule has 0 fully saturated rings. The average molecular weight is 327 g/mol. The second kappa shape index (κ2) is 8.73. The molecule has 0 atom stereocenters. The number of nitrogens with zero attached hydrogens (tertiary/aromatic N) is 3. The Bertz CT molecular complexity index is 720. The molecule has 0 spiro atoms. The third-order valence-electron chi connectivity index (χ3n) is 3.70. The molecule has 24 heavy (non-hydrogen) atoms. The number of carboxylic acid groups (broad SMARTS) is 1. The maximum atomic E-state index is 10.9. The van der Waals surface area contributed by atoms with Gasteiger partial charge in [0.15, 0.2) is 0 Å². The minimum Gasteiger partial charge on any atom is -0.493 e. The van der Waals surface area contributed by atoms with E-state index in [-0.39, 0.29) is 5.56 Å². The molecule has 0 radical (unpaired) electrons. The number of ether oxygens (including phenoxy) is 1. The molecule has 6 nitrogen and oxygen atoms in total. The number of allylic oxidation sites excluding steroid dienone is 5.